The van der Waals surface area contributed by atoms with E-state index in [1.54, 1.807) is 0 Å². The topological polar surface area (TPSA) is 39.1 Å². The molecular formula is C16H29N3. The molecule has 0 aromatic rings. The average molecular weight is 263 g/mol. The molecule has 19 heavy (non-hydrogen) atoms. The van der Waals surface area contributed by atoms with Crippen LogP contribution >= 0.6 is 0 Å². The van der Waals surface area contributed by atoms with Crippen molar-refractivity contribution in [3.8, 4) is 6.07 Å². The van der Waals surface area contributed by atoms with E-state index in [0.29, 0.717) is 0 Å². The van der Waals surface area contributed by atoms with Crippen LogP contribution in [0.25, 0.3) is 0 Å². The fourth-order valence-electron chi connectivity index (χ4n) is 3.55. The van der Waals surface area contributed by atoms with Crippen LogP contribution in [0.5, 0.6) is 0 Å². The fourth-order valence-corrected chi connectivity index (χ4v) is 3.55. The van der Waals surface area contributed by atoms with Crippen molar-refractivity contribution in [3.63, 3.8) is 0 Å². The minimum Gasteiger partial charge on any atom is -0.311 e. The molecule has 0 radical (unpaired) electrons. The van der Waals surface area contributed by atoms with E-state index in [-0.39, 0.29) is 5.41 Å². The Kier molecular flexibility index (Phi) is 4.86. The summed E-state index contributed by atoms with van der Waals surface area (Å²) < 4.78 is 0. The Morgan fingerprint density at radius 2 is 1.84 bits per heavy atom. The van der Waals surface area contributed by atoms with Crippen LogP contribution in [0.2, 0.25) is 0 Å². The van der Waals surface area contributed by atoms with Gasteiger partial charge in [0.25, 0.3) is 0 Å². The zero-order valence-electron chi connectivity index (χ0n) is 12.8. The number of nitriles is 1. The molecule has 0 saturated carbocycles. The molecule has 2 heterocycles. The van der Waals surface area contributed by atoms with E-state index in [1.165, 1.54) is 45.1 Å². The van der Waals surface area contributed by atoms with Crippen molar-refractivity contribution in [2.24, 2.45) is 5.41 Å². The van der Waals surface area contributed by atoms with Crippen LogP contribution in [0.15, 0.2) is 0 Å². The maximum Gasteiger partial charge on any atom is 0.0683 e. The second-order valence-corrected chi connectivity index (χ2v) is 7.20. The van der Waals surface area contributed by atoms with Crippen LogP contribution in [-0.2, 0) is 0 Å². The summed E-state index contributed by atoms with van der Waals surface area (Å²) in [6.45, 7) is 5.27. The van der Waals surface area contributed by atoms with Gasteiger partial charge in [-0.15, -0.1) is 0 Å². The predicted octanol–water partition coefficient (Wildman–Crippen LogP) is 2.92. The SMILES string of the molecule is CN(CCCCC(C)(C)C#N)C1CC2CCC(C1)N2. The number of piperidine rings is 1. The predicted molar refractivity (Wildman–Crippen MR) is 78.8 cm³/mol. The van der Waals surface area contributed by atoms with Crippen LogP contribution in [-0.4, -0.2) is 36.6 Å². The highest BCUT2D eigenvalue weighted by Gasteiger charge is 2.34. The molecule has 0 aromatic heterocycles. The maximum absolute atomic E-state index is 9.00. The second kappa shape index (κ2) is 6.24. The van der Waals surface area contributed by atoms with Gasteiger partial charge in [-0.25, -0.2) is 0 Å². The Bertz CT molecular complexity index is 319. The molecule has 2 aliphatic heterocycles. The quantitative estimate of drug-likeness (QED) is 0.749. The number of fused-ring (bicyclic) bond motifs is 2. The monoisotopic (exact) mass is 263 g/mol. The minimum absolute atomic E-state index is 0.146. The zero-order valence-corrected chi connectivity index (χ0v) is 12.8. The number of hydrogen-bond acceptors (Lipinski definition) is 3. The largest absolute Gasteiger partial charge is 0.311 e. The molecule has 0 spiro atoms. The highest BCUT2D eigenvalue weighted by Crippen LogP contribution is 2.29. The van der Waals surface area contributed by atoms with Crippen molar-refractivity contribution >= 4 is 0 Å². The summed E-state index contributed by atoms with van der Waals surface area (Å²) in [5.41, 5.74) is -0.146. The molecule has 2 bridgehead atoms. The second-order valence-electron chi connectivity index (χ2n) is 7.20. The van der Waals surface area contributed by atoms with Gasteiger partial charge in [-0.05, 0) is 66.0 Å². The molecule has 3 heteroatoms. The molecule has 2 unspecified atom stereocenters. The lowest BCUT2D eigenvalue weighted by Gasteiger charge is -2.35. The fraction of sp³-hybridized carbons (Fsp3) is 0.938. The van der Waals surface area contributed by atoms with Gasteiger partial charge in [0.15, 0.2) is 0 Å². The van der Waals surface area contributed by atoms with E-state index in [2.05, 4.69) is 23.3 Å². The zero-order chi connectivity index (χ0) is 13.9. The van der Waals surface area contributed by atoms with E-state index in [1.807, 2.05) is 13.8 Å². The van der Waals surface area contributed by atoms with Crippen molar-refractivity contribution in [3.05, 3.63) is 0 Å². The van der Waals surface area contributed by atoms with E-state index < -0.39 is 0 Å². The summed E-state index contributed by atoms with van der Waals surface area (Å²) in [5, 5.41) is 12.7. The first kappa shape index (κ1) is 14.8. The van der Waals surface area contributed by atoms with Gasteiger partial charge in [0, 0.05) is 18.1 Å². The van der Waals surface area contributed by atoms with Crippen molar-refractivity contribution < 1.29 is 0 Å². The summed E-state index contributed by atoms with van der Waals surface area (Å²) in [7, 11) is 2.28. The van der Waals surface area contributed by atoms with E-state index >= 15 is 0 Å². The number of nitrogens with one attached hydrogen (secondary N) is 1. The number of rotatable bonds is 6. The molecule has 2 aliphatic rings. The maximum atomic E-state index is 9.00. The van der Waals surface area contributed by atoms with Crippen molar-refractivity contribution in [2.45, 2.75) is 76.9 Å². The Morgan fingerprint density at radius 3 is 2.42 bits per heavy atom. The van der Waals surface area contributed by atoms with Gasteiger partial charge in [0.1, 0.15) is 0 Å². The van der Waals surface area contributed by atoms with Crippen LogP contribution in [0.4, 0.5) is 0 Å². The van der Waals surface area contributed by atoms with Gasteiger partial charge < -0.3 is 10.2 Å². The molecule has 108 valence electrons. The van der Waals surface area contributed by atoms with Crippen molar-refractivity contribution in [1.29, 1.82) is 5.26 Å². The third-order valence-corrected chi connectivity index (χ3v) is 4.94. The smallest absolute Gasteiger partial charge is 0.0683 e. The summed E-state index contributed by atoms with van der Waals surface area (Å²) in [4.78, 5) is 2.56. The molecule has 0 aromatic carbocycles. The molecule has 1 N–H and O–H groups in total. The van der Waals surface area contributed by atoms with Crippen LogP contribution in [0, 0.1) is 16.7 Å². The summed E-state index contributed by atoms with van der Waals surface area (Å²) in [6, 6.07) is 4.73. The first-order valence-corrected chi connectivity index (χ1v) is 7.88. The molecule has 0 amide bonds. The van der Waals surface area contributed by atoms with Gasteiger partial charge >= 0.3 is 0 Å². The average Bonchev–Trinajstić information content (AvgIpc) is 2.73. The number of hydrogen-bond donors (Lipinski definition) is 1. The Hall–Kier alpha value is -0.590. The highest BCUT2D eigenvalue weighted by atomic mass is 15.2. The van der Waals surface area contributed by atoms with Crippen molar-refractivity contribution in [2.75, 3.05) is 13.6 Å². The van der Waals surface area contributed by atoms with Gasteiger partial charge in [-0.1, -0.05) is 6.42 Å². The first-order valence-electron chi connectivity index (χ1n) is 7.88. The van der Waals surface area contributed by atoms with Gasteiger partial charge in [-0.2, -0.15) is 5.26 Å². The Balaban J connectivity index is 1.65. The van der Waals surface area contributed by atoms with E-state index in [4.69, 9.17) is 5.26 Å². The molecule has 3 nitrogen and oxygen atoms in total. The number of unbranched alkanes of at least 4 members (excludes halogenated alkanes) is 1. The number of nitrogens with zero attached hydrogens (tertiary/aromatic N) is 2. The third kappa shape index (κ3) is 4.19. The van der Waals surface area contributed by atoms with Crippen LogP contribution in [0.3, 0.4) is 0 Å². The summed E-state index contributed by atoms with van der Waals surface area (Å²) in [6.07, 6.45) is 8.84. The Labute approximate surface area is 118 Å². The highest BCUT2D eigenvalue weighted by molar-refractivity contribution is 4.95. The normalized spacial score (nSPS) is 30.6. The molecular weight excluding hydrogens is 234 g/mol. The molecule has 0 aliphatic carbocycles. The lowest BCUT2D eigenvalue weighted by Crippen LogP contribution is -2.47. The molecule has 2 fully saturated rings. The van der Waals surface area contributed by atoms with Crippen molar-refractivity contribution in [1.82, 2.24) is 10.2 Å². The lowest BCUT2D eigenvalue weighted by molar-refractivity contribution is 0.168. The third-order valence-electron chi connectivity index (χ3n) is 4.94. The van der Waals surface area contributed by atoms with Gasteiger partial charge in [0.05, 0.1) is 11.5 Å². The lowest BCUT2D eigenvalue weighted by atomic mass is 9.89. The minimum atomic E-state index is -0.146. The molecule has 2 rings (SSSR count). The van der Waals surface area contributed by atoms with Crippen LogP contribution in [0.1, 0.15) is 58.8 Å². The summed E-state index contributed by atoms with van der Waals surface area (Å²) in [5.74, 6) is 0. The van der Waals surface area contributed by atoms with Gasteiger partial charge in [-0.3, -0.25) is 0 Å². The molecule has 2 saturated heterocycles. The van der Waals surface area contributed by atoms with E-state index in [9.17, 15) is 0 Å². The Morgan fingerprint density at radius 1 is 1.21 bits per heavy atom. The van der Waals surface area contributed by atoms with Gasteiger partial charge in [0.2, 0.25) is 0 Å². The van der Waals surface area contributed by atoms with Crippen LogP contribution < -0.4 is 5.32 Å². The summed E-state index contributed by atoms with van der Waals surface area (Å²) >= 11 is 0. The first-order chi connectivity index (χ1) is 9.00. The molecule has 2 atom stereocenters. The van der Waals surface area contributed by atoms with E-state index in [0.717, 1.165) is 24.5 Å². The standard InChI is InChI=1S/C16H29N3/c1-16(2,12-17)8-4-5-9-19(3)15-10-13-6-7-14(11-15)18-13/h13-15,18H,4-11H2,1-3H3.